The lowest BCUT2D eigenvalue weighted by molar-refractivity contribution is -0.142. The maximum Gasteiger partial charge on any atom is 0.337 e. The minimum atomic E-state index is -0.358. The second kappa shape index (κ2) is 5.31. The summed E-state index contributed by atoms with van der Waals surface area (Å²) in [5.41, 5.74) is 2.02. The molecule has 2 aromatic rings. The van der Waals surface area contributed by atoms with Gasteiger partial charge in [-0.15, -0.1) is 11.6 Å². The SMILES string of the molecule is COC(=O)c1ccc2nc(CCl)n(C[C@@]3(C)CCO3)c2c1. The molecule has 1 aromatic carbocycles. The van der Waals surface area contributed by atoms with E-state index in [1.807, 2.05) is 10.6 Å². The van der Waals surface area contributed by atoms with E-state index in [2.05, 4.69) is 11.9 Å². The fourth-order valence-corrected chi connectivity index (χ4v) is 2.81. The van der Waals surface area contributed by atoms with Crippen molar-refractivity contribution < 1.29 is 14.3 Å². The zero-order valence-corrected chi connectivity index (χ0v) is 12.8. The summed E-state index contributed by atoms with van der Waals surface area (Å²) in [5.74, 6) is 0.742. The van der Waals surface area contributed by atoms with Gasteiger partial charge in [-0.2, -0.15) is 0 Å². The summed E-state index contributed by atoms with van der Waals surface area (Å²) in [4.78, 5) is 16.2. The maximum absolute atomic E-state index is 11.7. The zero-order chi connectivity index (χ0) is 15.0. The molecule has 5 nitrogen and oxygen atoms in total. The van der Waals surface area contributed by atoms with Crippen molar-refractivity contribution >= 4 is 28.6 Å². The summed E-state index contributed by atoms with van der Waals surface area (Å²) in [7, 11) is 1.37. The fourth-order valence-electron chi connectivity index (χ4n) is 2.61. The summed E-state index contributed by atoms with van der Waals surface area (Å²) in [6.45, 7) is 3.54. The van der Waals surface area contributed by atoms with Crippen LogP contribution in [0.2, 0.25) is 0 Å². The molecule has 0 unspecified atom stereocenters. The van der Waals surface area contributed by atoms with Crippen LogP contribution < -0.4 is 0 Å². The smallest absolute Gasteiger partial charge is 0.337 e. The molecule has 112 valence electrons. The van der Waals surface area contributed by atoms with Gasteiger partial charge in [-0.05, 0) is 25.1 Å². The van der Waals surface area contributed by atoms with Gasteiger partial charge in [0.1, 0.15) is 5.82 Å². The number of nitrogens with zero attached hydrogens (tertiary/aromatic N) is 2. The highest BCUT2D eigenvalue weighted by molar-refractivity contribution is 6.16. The molecule has 0 amide bonds. The van der Waals surface area contributed by atoms with Crippen molar-refractivity contribution in [2.45, 2.75) is 31.4 Å². The number of hydrogen-bond acceptors (Lipinski definition) is 4. The minimum Gasteiger partial charge on any atom is -0.465 e. The quantitative estimate of drug-likeness (QED) is 0.644. The molecule has 3 rings (SSSR count). The number of halogens is 1. The molecule has 21 heavy (non-hydrogen) atoms. The molecule has 2 heterocycles. The van der Waals surface area contributed by atoms with Crippen molar-refractivity contribution in [1.29, 1.82) is 0 Å². The average molecular weight is 309 g/mol. The summed E-state index contributed by atoms with van der Waals surface area (Å²) < 4.78 is 12.5. The van der Waals surface area contributed by atoms with Gasteiger partial charge in [0.05, 0.1) is 48.3 Å². The van der Waals surface area contributed by atoms with Crippen LogP contribution in [0, 0.1) is 0 Å². The molecular weight excluding hydrogens is 292 g/mol. The number of aromatic nitrogens is 2. The predicted octanol–water partition coefficient (Wildman–Crippen LogP) is 2.74. The lowest BCUT2D eigenvalue weighted by Gasteiger charge is -2.39. The molecule has 0 radical (unpaired) electrons. The first-order chi connectivity index (χ1) is 10.1. The number of methoxy groups -OCH3 is 1. The van der Waals surface area contributed by atoms with Crippen LogP contribution in [0.5, 0.6) is 0 Å². The average Bonchev–Trinajstić information content (AvgIpc) is 2.81. The first-order valence-corrected chi connectivity index (χ1v) is 7.37. The Morgan fingerprint density at radius 2 is 2.33 bits per heavy atom. The van der Waals surface area contributed by atoms with E-state index in [0.29, 0.717) is 18.0 Å². The molecule has 1 saturated heterocycles. The van der Waals surface area contributed by atoms with Gasteiger partial charge < -0.3 is 14.0 Å². The number of rotatable bonds is 4. The third kappa shape index (κ3) is 2.51. The first kappa shape index (κ1) is 14.4. The number of carbonyl (C=O) groups is 1. The molecule has 1 aromatic heterocycles. The van der Waals surface area contributed by atoms with Crippen LogP contribution >= 0.6 is 11.6 Å². The van der Waals surface area contributed by atoms with Gasteiger partial charge in [0, 0.05) is 6.42 Å². The van der Waals surface area contributed by atoms with Crippen LogP contribution in [0.15, 0.2) is 18.2 Å². The van der Waals surface area contributed by atoms with Crippen molar-refractivity contribution in [2.75, 3.05) is 13.7 Å². The molecule has 1 aliphatic rings. The standard InChI is InChI=1S/C15H17ClN2O3/c1-15(5-6-21-15)9-18-12-7-10(14(19)20-2)3-4-11(12)17-13(18)8-16/h3-4,7H,5-6,8-9H2,1-2H3/t15-/m1/s1. The van der Waals surface area contributed by atoms with Crippen LogP contribution in [-0.4, -0.2) is 34.8 Å². The van der Waals surface area contributed by atoms with Crippen molar-refractivity contribution in [1.82, 2.24) is 9.55 Å². The number of esters is 1. The van der Waals surface area contributed by atoms with Crippen molar-refractivity contribution in [3.05, 3.63) is 29.6 Å². The first-order valence-electron chi connectivity index (χ1n) is 6.84. The van der Waals surface area contributed by atoms with Crippen LogP contribution in [0.4, 0.5) is 0 Å². The Morgan fingerprint density at radius 1 is 1.57 bits per heavy atom. The molecule has 0 spiro atoms. The zero-order valence-electron chi connectivity index (χ0n) is 12.1. The molecule has 6 heteroatoms. The number of carbonyl (C=O) groups excluding carboxylic acids is 1. The van der Waals surface area contributed by atoms with E-state index in [1.165, 1.54) is 7.11 Å². The Bertz CT molecular complexity index is 692. The Labute approximate surface area is 127 Å². The fraction of sp³-hybridized carbons (Fsp3) is 0.467. The Morgan fingerprint density at radius 3 is 2.90 bits per heavy atom. The van der Waals surface area contributed by atoms with Crippen LogP contribution in [0.3, 0.4) is 0 Å². The number of alkyl halides is 1. The second-order valence-corrected chi connectivity index (χ2v) is 5.76. The van der Waals surface area contributed by atoms with E-state index in [9.17, 15) is 4.79 Å². The van der Waals surface area contributed by atoms with Crippen molar-refractivity contribution in [3.63, 3.8) is 0 Å². The molecule has 1 fully saturated rings. The number of benzene rings is 1. The summed E-state index contributed by atoms with van der Waals surface area (Å²) >= 11 is 6.01. The molecule has 0 saturated carbocycles. The lowest BCUT2D eigenvalue weighted by atomic mass is 9.97. The number of fused-ring (bicyclic) bond motifs is 1. The molecule has 0 aliphatic carbocycles. The third-order valence-electron chi connectivity index (χ3n) is 3.94. The molecule has 0 N–H and O–H groups in total. The van der Waals surface area contributed by atoms with Crippen molar-refractivity contribution in [2.24, 2.45) is 0 Å². The van der Waals surface area contributed by atoms with Gasteiger partial charge in [0.15, 0.2) is 0 Å². The van der Waals surface area contributed by atoms with E-state index in [0.717, 1.165) is 29.9 Å². The lowest BCUT2D eigenvalue weighted by Crippen LogP contribution is -2.44. The van der Waals surface area contributed by atoms with Gasteiger partial charge in [-0.25, -0.2) is 9.78 Å². The third-order valence-corrected chi connectivity index (χ3v) is 4.18. The Hall–Kier alpha value is -1.59. The molecule has 1 atom stereocenters. The molecule has 1 aliphatic heterocycles. The van der Waals surface area contributed by atoms with E-state index >= 15 is 0 Å². The van der Waals surface area contributed by atoms with Gasteiger partial charge in [-0.3, -0.25) is 0 Å². The Kier molecular flexibility index (Phi) is 3.63. The Balaban J connectivity index is 2.08. The van der Waals surface area contributed by atoms with Crippen molar-refractivity contribution in [3.8, 4) is 0 Å². The maximum atomic E-state index is 11.7. The topological polar surface area (TPSA) is 53.3 Å². The highest BCUT2D eigenvalue weighted by atomic mass is 35.5. The van der Waals surface area contributed by atoms with Crippen LogP contribution in [-0.2, 0) is 21.9 Å². The van der Waals surface area contributed by atoms with Gasteiger partial charge in [0.25, 0.3) is 0 Å². The van der Waals surface area contributed by atoms with E-state index in [1.54, 1.807) is 12.1 Å². The molecule has 0 bridgehead atoms. The molecular formula is C15H17ClN2O3. The van der Waals surface area contributed by atoms with Crippen LogP contribution in [0.25, 0.3) is 11.0 Å². The summed E-state index contributed by atoms with van der Waals surface area (Å²) in [6, 6.07) is 5.33. The minimum absolute atomic E-state index is 0.185. The van der Waals surface area contributed by atoms with E-state index < -0.39 is 0 Å². The predicted molar refractivity (Wildman–Crippen MR) is 79.6 cm³/mol. The number of ether oxygens (including phenoxy) is 2. The highest BCUT2D eigenvalue weighted by Crippen LogP contribution is 2.30. The van der Waals surface area contributed by atoms with Gasteiger partial charge in [0.2, 0.25) is 0 Å². The second-order valence-electron chi connectivity index (χ2n) is 5.49. The van der Waals surface area contributed by atoms with Gasteiger partial charge in [-0.1, -0.05) is 0 Å². The summed E-state index contributed by atoms with van der Waals surface area (Å²) in [6.07, 6.45) is 1.01. The highest BCUT2D eigenvalue weighted by Gasteiger charge is 2.34. The van der Waals surface area contributed by atoms with Gasteiger partial charge >= 0.3 is 5.97 Å². The normalized spacial score (nSPS) is 21.3. The number of imidazole rings is 1. The van der Waals surface area contributed by atoms with Crippen LogP contribution in [0.1, 0.15) is 29.5 Å². The largest absolute Gasteiger partial charge is 0.465 e. The van der Waals surface area contributed by atoms with E-state index in [4.69, 9.17) is 21.1 Å². The monoisotopic (exact) mass is 308 g/mol. The number of hydrogen-bond donors (Lipinski definition) is 0. The van der Waals surface area contributed by atoms with E-state index in [-0.39, 0.29) is 11.6 Å². The summed E-state index contributed by atoms with van der Waals surface area (Å²) in [5, 5.41) is 0.